The second-order valence-electron chi connectivity index (χ2n) is 3.03. The normalized spacial score (nSPS) is 12.8. The van der Waals surface area contributed by atoms with Gasteiger partial charge in [-0.2, -0.15) is 0 Å². The molecule has 0 radical (unpaired) electrons. The molecule has 2 heteroatoms. The first kappa shape index (κ1) is 9.04. The molecule has 1 aromatic rings. The first-order chi connectivity index (χ1) is 5.75. The zero-order chi connectivity index (χ0) is 8.97. The summed E-state index contributed by atoms with van der Waals surface area (Å²) in [6, 6.07) is 3.46. The lowest BCUT2D eigenvalue weighted by Crippen LogP contribution is -2.09. The van der Waals surface area contributed by atoms with Crippen LogP contribution in [0.2, 0.25) is 0 Å². The van der Waals surface area contributed by atoms with Crippen molar-refractivity contribution in [3.8, 4) is 0 Å². The van der Waals surface area contributed by atoms with Crippen molar-refractivity contribution in [2.75, 3.05) is 0 Å². The molecule has 0 aromatic carbocycles. The topological polar surface area (TPSA) is 30.2 Å². The Balaban J connectivity index is 2.59. The summed E-state index contributed by atoms with van der Waals surface area (Å²) in [5.74, 6) is 0.680. The summed E-state index contributed by atoms with van der Waals surface area (Å²) in [5, 5.41) is 0. The first-order valence-corrected chi connectivity index (χ1v) is 4.33. The molecule has 1 aromatic heterocycles. The van der Waals surface area contributed by atoms with Gasteiger partial charge in [0.2, 0.25) is 5.78 Å². The van der Waals surface area contributed by atoms with Crippen LogP contribution in [-0.2, 0) is 0 Å². The molecule has 1 rings (SSSR count). The predicted octanol–water partition coefficient (Wildman–Crippen LogP) is 2.90. The maximum Gasteiger partial charge on any atom is 0.200 e. The number of rotatable bonds is 4. The molecule has 0 saturated carbocycles. The van der Waals surface area contributed by atoms with Gasteiger partial charge in [0.05, 0.1) is 6.26 Å². The first-order valence-electron chi connectivity index (χ1n) is 4.33. The van der Waals surface area contributed by atoms with Crippen LogP contribution in [0.3, 0.4) is 0 Å². The third kappa shape index (κ3) is 1.97. The standard InChI is InChI=1S/C10H14O2/c1-3-5-8(2)10(11)9-6-4-7-12-9/h4,6-8H,3,5H2,1-2H3. The Kier molecular flexibility index (Phi) is 3.09. The largest absolute Gasteiger partial charge is 0.461 e. The average Bonchev–Trinajstić information content (AvgIpc) is 2.55. The van der Waals surface area contributed by atoms with Crippen LogP contribution >= 0.6 is 0 Å². The second kappa shape index (κ2) is 4.10. The molecule has 1 heterocycles. The maximum atomic E-state index is 11.5. The highest BCUT2D eigenvalue weighted by Gasteiger charge is 2.15. The van der Waals surface area contributed by atoms with E-state index < -0.39 is 0 Å². The summed E-state index contributed by atoms with van der Waals surface area (Å²) in [5.41, 5.74) is 0. The number of hydrogen-bond donors (Lipinski definition) is 0. The third-order valence-electron chi connectivity index (χ3n) is 1.93. The van der Waals surface area contributed by atoms with Gasteiger partial charge < -0.3 is 4.42 Å². The van der Waals surface area contributed by atoms with Crippen LogP contribution in [0.15, 0.2) is 22.8 Å². The molecule has 1 unspecified atom stereocenters. The van der Waals surface area contributed by atoms with Gasteiger partial charge in [-0.15, -0.1) is 0 Å². The highest BCUT2D eigenvalue weighted by atomic mass is 16.3. The number of furan rings is 1. The number of hydrogen-bond acceptors (Lipinski definition) is 2. The number of carbonyl (C=O) groups excluding carboxylic acids is 1. The lowest BCUT2D eigenvalue weighted by molar-refractivity contribution is 0.0895. The van der Waals surface area contributed by atoms with Gasteiger partial charge in [-0.3, -0.25) is 4.79 Å². The Hall–Kier alpha value is -1.05. The van der Waals surface area contributed by atoms with E-state index in [1.54, 1.807) is 12.1 Å². The minimum atomic E-state index is 0.0844. The van der Waals surface area contributed by atoms with Crippen molar-refractivity contribution in [2.24, 2.45) is 5.92 Å². The average molecular weight is 166 g/mol. The molecule has 0 saturated heterocycles. The van der Waals surface area contributed by atoms with Gasteiger partial charge in [-0.05, 0) is 18.6 Å². The minimum Gasteiger partial charge on any atom is -0.461 e. The van der Waals surface area contributed by atoms with Crippen molar-refractivity contribution in [1.82, 2.24) is 0 Å². The summed E-state index contributed by atoms with van der Waals surface area (Å²) < 4.78 is 5.01. The van der Waals surface area contributed by atoms with Gasteiger partial charge in [0.15, 0.2) is 5.76 Å². The molecule has 0 spiro atoms. The summed E-state index contributed by atoms with van der Waals surface area (Å²) in [4.78, 5) is 11.5. The molecule has 2 nitrogen and oxygen atoms in total. The quantitative estimate of drug-likeness (QED) is 0.644. The van der Waals surface area contributed by atoms with Gasteiger partial charge >= 0.3 is 0 Å². The summed E-state index contributed by atoms with van der Waals surface area (Å²) in [6.07, 6.45) is 3.50. The Morgan fingerprint density at radius 3 is 2.92 bits per heavy atom. The number of carbonyl (C=O) groups is 1. The Labute approximate surface area is 72.6 Å². The maximum absolute atomic E-state index is 11.5. The molecule has 0 aliphatic carbocycles. The smallest absolute Gasteiger partial charge is 0.200 e. The fourth-order valence-corrected chi connectivity index (χ4v) is 1.23. The van der Waals surface area contributed by atoms with Gasteiger partial charge in [0.25, 0.3) is 0 Å². The van der Waals surface area contributed by atoms with E-state index in [9.17, 15) is 4.79 Å². The lowest BCUT2D eigenvalue weighted by Gasteiger charge is -2.05. The van der Waals surface area contributed by atoms with Crippen molar-refractivity contribution in [3.63, 3.8) is 0 Å². The van der Waals surface area contributed by atoms with Crippen LogP contribution in [0.25, 0.3) is 0 Å². The van der Waals surface area contributed by atoms with Gasteiger partial charge in [-0.25, -0.2) is 0 Å². The molecule has 0 amide bonds. The summed E-state index contributed by atoms with van der Waals surface area (Å²) in [6.45, 7) is 4.01. The number of Topliss-reactive ketones (excluding diaryl/α,β-unsaturated/α-hetero) is 1. The molecule has 12 heavy (non-hydrogen) atoms. The van der Waals surface area contributed by atoms with Crippen LogP contribution in [0.4, 0.5) is 0 Å². The molecular formula is C10H14O2. The van der Waals surface area contributed by atoms with Gasteiger partial charge in [-0.1, -0.05) is 20.3 Å². The van der Waals surface area contributed by atoms with Crippen molar-refractivity contribution < 1.29 is 9.21 Å². The fourth-order valence-electron chi connectivity index (χ4n) is 1.23. The van der Waals surface area contributed by atoms with E-state index in [0.29, 0.717) is 5.76 Å². The van der Waals surface area contributed by atoms with Crippen molar-refractivity contribution >= 4 is 5.78 Å². The highest BCUT2D eigenvalue weighted by Crippen LogP contribution is 2.13. The van der Waals surface area contributed by atoms with Crippen molar-refractivity contribution in [1.29, 1.82) is 0 Å². The van der Waals surface area contributed by atoms with Crippen LogP contribution in [0.5, 0.6) is 0 Å². The van der Waals surface area contributed by atoms with Crippen LogP contribution in [0, 0.1) is 5.92 Å². The molecular weight excluding hydrogens is 152 g/mol. The minimum absolute atomic E-state index is 0.0844. The van der Waals surface area contributed by atoms with E-state index >= 15 is 0 Å². The zero-order valence-electron chi connectivity index (χ0n) is 7.54. The van der Waals surface area contributed by atoms with Crippen molar-refractivity contribution in [3.05, 3.63) is 24.2 Å². The van der Waals surface area contributed by atoms with E-state index in [1.807, 2.05) is 6.92 Å². The monoisotopic (exact) mass is 166 g/mol. The van der Waals surface area contributed by atoms with Crippen LogP contribution in [0.1, 0.15) is 37.2 Å². The Bertz CT molecular complexity index is 236. The molecule has 0 fully saturated rings. The molecule has 1 atom stereocenters. The van der Waals surface area contributed by atoms with E-state index in [1.165, 1.54) is 6.26 Å². The van der Waals surface area contributed by atoms with E-state index in [-0.39, 0.29) is 11.7 Å². The van der Waals surface area contributed by atoms with E-state index in [0.717, 1.165) is 12.8 Å². The Morgan fingerprint density at radius 2 is 2.42 bits per heavy atom. The molecule has 0 N–H and O–H groups in total. The summed E-state index contributed by atoms with van der Waals surface area (Å²) in [7, 11) is 0. The zero-order valence-corrected chi connectivity index (χ0v) is 7.54. The third-order valence-corrected chi connectivity index (χ3v) is 1.93. The van der Waals surface area contributed by atoms with Gasteiger partial charge in [0, 0.05) is 5.92 Å². The Morgan fingerprint density at radius 1 is 1.67 bits per heavy atom. The predicted molar refractivity (Wildman–Crippen MR) is 47.1 cm³/mol. The molecule has 0 aliphatic heterocycles. The molecule has 0 bridgehead atoms. The second-order valence-corrected chi connectivity index (χ2v) is 3.03. The van der Waals surface area contributed by atoms with Gasteiger partial charge in [0.1, 0.15) is 0 Å². The fraction of sp³-hybridized carbons (Fsp3) is 0.500. The number of ketones is 1. The highest BCUT2D eigenvalue weighted by molar-refractivity contribution is 5.94. The molecule has 66 valence electrons. The molecule has 0 aliphatic rings. The van der Waals surface area contributed by atoms with Crippen molar-refractivity contribution in [2.45, 2.75) is 26.7 Å². The van der Waals surface area contributed by atoms with E-state index in [2.05, 4.69) is 6.92 Å². The van der Waals surface area contributed by atoms with Crippen LogP contribution < -0.4 is 0 Å². The lowest BCUT2D eigenvalue weighted by atomic mass is 9.99. The summed E-state index contributed by atoms with van der Waals surface area (Å²) >= 11 is 0. The van der Waals surface area contributed by atoms with Crippen LogP contribution in [-0.4, -0.2) is 5.78 Å². The SMILES string of the molecule is CCCC(C)C(=O)c1ccco1. The van der Waals surface area contributed by atoms with E-state index in [4.69, 9.17) is 4.42 Å².